The zero-order valence-electron chi connectivity index (χ0n) is 16.2. The predicted octanol–water partition coefficient (Wildman–Crippen LogP) is 2.43. The summed E-state index contributed by atoms with van der Waals surface area (Å²) in [7, 11) is 0. The van der Waals surface area contributed by atoms with Crippen molar-refractivity contribution in [1.29, 1.82) is 0 Å². The van der Waals surface area contributed by atoms with Crippen LogP contribution in [-0.2, 0) is 9.59 Å². The minimum absolute atomic E-state index is 0.00686. The summed E-state index contributed by atoms with van der Waals surface area (Å²) < 4.78 is 5.71. The summed E-state index contributed by atoms with van der Waals surface area (Å²) >= 11 is 0. The van der Waals surface area contributed by atoms with Crippen LogP contribution in [-0.4, -0.2) is 55.5 Å². The average molecular weight is 361 g/mol. The van der Waals surface area contributed by atoms with Gasteiger partial charge in [-0.1, -0.05) is 25.5 Å². The topological polar surface area (TPSA) is 61.9 Å². The molecule has 1 aliphatic heterocycles. The summed E-state index contributed by atoms with van der Waals surface area (Å²) in [6.45, 7) is 9.23. The second kappa shape index (κ2) is 10.0. The molecule has 0 saturated carbocycles. The fourth-order valence-corrected chi connectivity index (χ4v) is 3.15. The first-order valence-corrected chi connectivity index (χ1v) is 9.61. The van der Waals surface area contributed by atoms with E-state index in [2.05, 4.69) is 16.3 Å². The Morgan fingerprint density at radius 1 is 1.15 bits per heavy atom. The lowest BCUT2D eigenvalue weighted by Crippen LogP contribution is -2.54. The van der Waals surface area contributed by atoms with Crippen molar-refractivity contribution in [2.24, 2.45) is 0 Å². The molecule has 144 valence electrons. The van der Waals surface area contributed by atoms with Gasteiger partial charge >= 0.3 is 0 Å². The molecule has 1 fully saturated rings. The number of carbonyl (C=O) groups is 2. The molecule has 1 heterocycles. The highest BCUT2D eigenvalue weighted by Gasteiger charge is 2.26. The smallest absolute Gasteiger partial charge is 0.244 e. The van der Waals surface area contributed by atoms with E-state index in [1.165, 1.54) is 0 Å². The number of nitrogens with zero attached hydrogens (tertiary/aromatic N) is 2. The summed E-state index contributed by atoms with van der Waals surface area (Å²) in [4.78, 5) is 28.5. The summed E-state index contributed by atoms with van der Waals surface area (Å²) in [5, 5.41) is 2.82. The van der Waals surface area contributed by atoms with Gasteiger partial charge in [-0.15, -0.1) is 0 Å². The molecule has 2 rings (SSSR count). The van der Waals surface area contributed by atoms with E-state index in [9.17, 15) is 9.59 Å². The quantitative estimate of drug-likeness (QED) is 0.772. The maximum absolute atomic E-state index is 12.6. The van der Waals surface area contributed by atoms with Gasteiger partial charge in [0.15, 0.2) is 0 Å². The number of carbonyl (C=O) groups excluding carboxylic acids is 2. The van der Waals surface area contributed by atoms with Gasteiger partial charge in [0.1, 0.15) is 11.8 Å². The van der Waals surface area contributed by atoms with Crippen molar-refractivity contribution in [3.63, 3.8) is 0 Å². The molecule has 2 amide bonds. The summed E-state index contributed by atoms with van der Waals surface area (Å²) in [5.41, 5.74) is 1.07. The molecule has 1 unspecified atom stereocenters. The molecule has 1 atom stereocenters. The first-order valence-electron chi connectivity index (χ1n) is 9.61. The number of unbranched alkanes of at least 4 members (excludes halogenated alkanes) is 1. The number of rotatable bonds is 8. The Morgan fingerprint density at radius 3 is 2.50 bits per heavy atom. The molecule has 26 heavy (non-hydrogen) atoms. The Kier molecular flexibility index (Phi) is 7.75. The molecular formula is C20H31N3O3. The molecule has 0 bridgehead atoms. The van der Waals surface area contributed by atoms with Crippen LogP contribution >= 0.6 is 0 Å². The van der Waals surface area contributed by atoms with Crippen LogP contribution in [0.1, 0.15) is 40.0 Å². The molecule has 1 saturated heterocycles. The van der Waals surface area contributed by atoms with E-state index in [4.69, 9.17) is 4.74 Å². The molecule has 1 N–H and O–H groups in total. The maximum atomic E-state index is 12.6. The SMILES string of the molecule is CCCCC(=O)NC(C)C(=O)N1CCN(c2ccccc2OCC)CC1. The van der Waals surface area contributed by atoms with Crippen molar-refractivity contribution in [2.75, 3.05) is 37.7 Å². The maximum Gasteiger partial charge on any atom is 0.244 e. The molecule has 1 aliphatic rings. The Morgan fingerprint density at radius 2 is 1.85 bits per heavy atom. The third-order valence-electron chi connectivity index (χ3n) is 4.60. The van der Waals surface area contributed by atoms with Crippen molar-refractivity contribution < 1.29 is 14.3 Å². The molecule has 0 radical (unpaired) electrons. The lowest BCUT2D eigenvalue weighted by atomic mass is 10.2. The minimum Gasteiger partial charge on any atom is -0.492 e. The van der Waals surface area contributed by atoms with Crippen LogP contribution in [0, 0.1) is 0 Å². The van der Waals surface area contributed by atoms with Crippen molar-refractivity contribution in [1.82, 2.24) is 10.2 Å². The third-order valence-corrected chi connectivity index (χ3v) is 4.60. The number of benzene rings is 1. The third kappa shape index (κ3) is 5.38. The van der Waals surface area contributed by atoms with Gasteiger partial charge in [-0.3, -0.25) is 9.59 Å². The van der Waals surface area contributed by atoms with E-state index in [0.29, 0.717) is 26.1 Å². The number of para-hydroxylation sites is 2. The van der Waals surface area contributed by atoms with Crippen LogP contribution in [0.3, 0.4) is 0 Å². The number of anilines is 1. The number of ether oxygens (including phenoxy) is 1. The van der Waals surface area contributed by atoms with E-state index in [-0.39, 0.29) is 11.8 Å². The van der Waals surface area contributed by atoms with Gasteiger partial charge < -0.3 is 19.9 Å². The van der Waals surface area contributed by atoms with Crippen LogP contribution in [0.4, 0.5) is 5.69 Å². The van der Waals surface area contributed by atoms with E-state index < -0.39 is 6.04 Å². The van der Waals surface area contributed by atoms with Gasteiger partial charge in [0.25, 0.3) is 0 Å². The Labute approximate surface area is 156 Å². The summed E-state index contributed by atoms with van der Waals surface area (Å²) in [6, 6.07) is 7.53. The molecular weight excluding hydrogens is 330 g/mol. The van der Waals surface area contributed by atoms with Crippen LogP contribution in [0.25, 0.3) is 0 Å². The second-order valence-electron chi connectivity index (χ2n) is 6.61. The minimum atomic E-state index is -0.471. The average Bonchev–Trinajstić information content (AvgIpc) is 2.66. The number of amides is 2. The standard InChI is InChI=1S/C20H31N3O3/c1-4-6-11-19(24)21-16(3)20(25)23-14-12-22(13-15-23)17-9-7-8-10-18(17)26-5-2/h7-10,16H,4-6,11-15H2,1-3H3,(H,21,24). The van der Waals surface area contributed by atoms with Crippen LogP contribution in [0.15, 0.2) is 24.3 Å². The van der Waals surface area contributed by atoms with Gasteiger partial charge in [0.05, 0.1) is 12.3 Å². The van der Waals surface area contributed by atoms with Crippen molar-refractivity contribution in [3.8, 4) is 5.75 Å². The largest absolute Gasteiger partial charge is 0.492 e. The highest BCUT2D eigenvalue weighted by atomic mass is 16.5. The zero-order valence-corrected chi connectivity index (χ0v) is 16.2. The number of nitrogens with one attached hydrogen (secondary N) is 1. The number of hydrogen-bond acceptors (Lipinski definition) is 4. The highest BCUT2D eigenvalue weighted by molar-refractivity contribution is 5.87. The number of hydrogen-bond donors (Lipinski definition) is 1. The molecule has 1 aromatic carbocycles. The molecule has 6 heteroatoms. The number of piperazine rings is 1. The lowest BCUT2D eigenvalue weighted by molar-refractivity contribution is -0.136. The molecule has 0 aromatic heterocycles. The van der Waals surface area contributed by atoms with Gasteiger partial charge in [-0.05, 0) is 32.4 Å². The van der Waals surface area contributed by atoms with Crippen molar-refractivity contribution in [2.45, 2.75) is 46.1 Å². The monoisotopic (exact) mass is 361 g/mol. The van der Waals surface area contributed by atoms with E-state index >= 15 is 0 Å². The fourth-order valence-electron chi connectivity index (χ4n) is 3.15. The van der Waals surface area contributed by atoms with Gasteiger partial charge in [0, 0.05) is 32.6 Å². The normalized spacial score (nSPS) is 15.5. The molecule has 0 spiro atoms. The van der Waals surface area contributed by atoms with Crippen LogP contribution < -0.4 is 15.0 Å². The highest BCUT2D eigenvalue weighted by Crippen LogP contribution is 2.28. The fraction of sp³-hybridized carbons (Fsp3) is 0.600. The van der Waals surface area contributed by atoms with Crippen LogP contribution in [0.2, 0.25) is 0 Å². The molecule has 0 aliphatic carbocycles. The predicted molar refractivity (Wildman–Crippen MR) is 104 cm³/mol. The Bertz CT molecular complexity index is 598. The van der Waals surface area contributed by atoms with Crippen molar-refractivity contribution in [3.05, 3.63) is 24.3 Å². The Hall–Kier alpha value is -2.24. The summed E-state index contributed by atoms with van der Waals surface area (Å²) in [6.07, 6.45) is 2.31. The summed E-state index contributed by atoms with van der Waals surface area (Å²) in [5.74, 6) is 0.830. The molecule has 1 aromatic rings. The van der Waals surface area contributed by atoms with Gasteiger partial charge in [-0.2, -0.15) is 0 Å². The first-order chi connectivity index (χ1) is 12.6. The van der Waals surface area contributed by atoms with Crippen LogP contribution in [0.5, 0.6) is 5.75 Å². The first kappa shape index (κ1) is 20.1. The Balaban J connectivity index is 1.87. The van der Waals surface area contributed by atoms with E-state index in [0.717, 1.165) is 37.4 Å². The van der Waals surface area contributed by atoms with Gasteiger partial charge in [-0.25, -0.2) is 0 Å². The van der Waals surface area contributed by atoms with E-state index in [1.54, 1.807) is 6.92 Å². The molecule has 6 nitrogen and oxygen atoms in total. The zero-order chi connectivity index (χ0) is 18.9. The van der Waals surface area contributed by atoms with Gasteiger partial charge in [0.2, 0.25) is 11.8 Å². The van der Waals surface area contributed by atoms with Crippen molar-refractivity contribution >= 4 is 17.5 Å². The second-order valence-corrected chi connectivity index (χ2v) is 6.61. The lowest BCUT2D eigenvalue weighted by Gasteiger charge is -2.37. The van der Waals surface area contributed by atoms with E-state index in [1.807, 2.05) is 36.9 Å².